The molecule has 5 rings (SSSR count). The van der Waals surface area contributed by atoms with Crippen molar-refractivity contribution in [2.75, 3.05) is 80.7 Å². The van der Waals surface area contributed by atoms with E-state index >= 15 is 0 Å². The summed E-state index contributed by atoms with van der Waals surface area (Å²) in [6.45, 7) is 8.96. The van der Waals surface area contributed by atoms with Gasteiger partial charge in [-0.05, 0) is 12.1 Å². The predicted octanol–water partition coefficient (Wildman–Crippen LogP) is 0.819. The van der Waals surface area contributed by atoms with E-state index in [1.807, 2.05) is 18.3 Å². The van der Waals surface area contributed by atoms with Gasteiger partial charge in [0, 0.05) is 58.6 Å². The van der Waals surface area contributed by atoms with Crippen LogP contribution in [0.3, 0.4) is 0 Å². The average Bonchev–Trinajstić information content (AvgIpc) is 3.26. The number of H-pyrrole nitrogens is 1. The van der Waals surface area contributed by atoms with E-state index in [1.54, 1.807) is 6.33 Å². The highest BCUT2D eigenvalue weighted by Crippen LogP contribution is 2.22. The van der Waals surface area contributed by atoms with Crippen molar-refractivity contribution < 1.29 is 4.74 Å². The van der Waals surface area contributed by atoms with Gasteiger partial charge in [0.2, 0.25) is 5.95 Å². The molecular weight excluding hydrogens is 382 g/mol. The quantitative estimate of drug-likeness (QED) is 0.613. The third-order valence-corrected chi connectivity index (χ3v) is 5.65. The van der Waals surface area contributed by atoms with Gasteiger partial charge in [-0.1, -0.05) is 6.07 Å². The molecule has 2 aliphatic rings. The molecule has 10 heteroatoms. The molecule has 2 saturated heterocycles. The van der Waals surface area contributed by atoms with Crippen molar-refractivity contribution in [3.8, 4) is 0 Å². The summed E-state index contributed by atoms with van der Waals surface area (Å²) in [5, 5.41) is 3.44. The standard InChI is InChI=1S/C20H27N9O/c1-2-4-21-16(3-1)28-7-9-29(10-8-28)20-25-17-18(23-15-24-19(17)26-20)22-5-6-27-11-13-30-14-12-27/h1-4,15H,5-14H2,(H2,22,23,24,25,26). The molecular formula is C20H27N9O. The number of fused-ring (bicyclic) bond motifs is 1. The lowest BCUT2D eigenvalue weighted by Gasteiger charge is -2.35. The lowest BCUT2D eigenvalue weighted by atomic mass is 10.3. The van der Waals surface area contributed by atoms with Gasteiger partial charge in [-0.25, -0.2) is 15.0 Å². The Labute approximate surface area is 175 Å². The van der Waals surface area contributed by atoms with E-state index in [0.29, 0.717) is 5.65 Å². The van der Waals surface area contributed by atoms with E-state index in [0.717, 1.165) is 88.7 Å². The molecule has 0 radical (unpaired) electrons. The van der Waals surface area contributed by atoms with E-state index in [2.05, 4.69) is 46.0 Å². The fourth-order valence-electron chi connectivity index (χ4n) is 3.95. The van der Waals surface area contributed by atoms with Crippen molar-refractivity contribution in [3.05, 3.63) is 30.7 Å². The number of nitrogens with zero attached hydrogens (tertiary/aromatic N) is 7. The zero-order valence-electron chi connectivity index (χ0n) is 17.0. The number of hydrogen-bond donors (Lipinski definition) is 2. The van der Waals surface area contributed by atoms with Crippen LogP contribution in [0.1, 0.15) is 0 Å². The van der Waals surface area contributed by atoms with E-state index in [4.69, 9.17) is 9.72 Å². The van der Waals surface area contributed by atoms with Gasteiger partial charge in [0.15, 0.2) is 11.5 Å². The summed E-state index contributed by atoms with van der Waals surface area (Å²) in [5.41, 5.74) is 1.56. The Morgan fingerprint density at radius 1 is 0.967 bits per heavy atom. The molecule has 3 aromatic rings. The lowest BCUT2D eigenvalue weighted by Crippen LogP contribution is -2.47. The second-order valence-electron chi connectivity index (χ2n) is 7.52. The Hall–Kier alpha value is -2.98. The summed E-state index contributed by atoms with van der Waals surface area (Å²) in [5.74, 6) is 2.68. The van der Waals surface area contributed by atoms with E-state index < -0.39 is 0 Å². The normalized spacial score (nSPS) is 18.1. The molecule has 10 nitrogen and oxygen atoms in total. The second kappa shape index (κ2) is 8.80. The fourth-order valence-corrected chi connectivity index (χ4v) is 3.95. The van der Waals surface area contributed by atoms with Crippen molar-refractivity contribution >= 4 is 28.7 Å². The Morgan fingerprint density at radius 2 is 1.80 bits per heavy atom. The van der Waals surface area contributed by atoms with Crippen molar-refractivity contribution in [3.63, 3.8) is 0 Å². The molecule has 2 N–H and O–H groups in total. The zero-order chi connectivity index (χ0) is 20.2. The molecule has 2 fully saturated rings. The molecule has 158 valence electrons. The van der Waals surface area contributed by atoms with Gasteiger partial charge in [0.1, 0.15) is 17.7 Å². The van der Waals surface area contributed by atoms with Gasteiger partial charge < -0.3 is 24.8 Å². The molecule has 5 heterocycles. The smallest absolute Gasteiger partial charge is 0.205 e. The van der Waals surface area contributed by atoms with Crippen LogP contribution >= 0.6 is 0 Å². The van der Waals surface area contributed by atoms with E-state index in [-0.39, 0.29) is 0 Å². The number of pyridine rings is 1. The molecule has 0 bridgehead atoms. The summed E-state index contributed by atoms with van der Waals surface area (Å²) >= 11 is 0. The molecule has 0 aromatic carbocycles. The first-order valence-electron chi connectivity index (χ1n) is 10.5. The Balaban J connectivity index is 1.22. The fraction of sp³-hybridized carbons (Fsp3) is 0.500. The van der Waals surface area contributed by atoms with E-state index in [9.17, 15) is 0 Å². The minimum Gasteiger partial charge on any atom is -0.379 e. The third kappa shape index (κ3) is 4.14. The van der Waals surface area contributed by atoms with Crippen LogP contribution in [0.25, 0.3) is 11.2 Å². The van der Waals surface area contributed by atoms with Gasteiger partial charge in [0.05, 0.1) is 13.2 Å². The van der Waals surface area contributed by atoms with Crippen molar-refractivity contribution in [1.29, 1.82) is 0 Å². The molecule has 30 heavy (non-hydrogen) atoms. The highest BCUT2D eigenvalue weighted by atomic mass is 16.5. The van der Waals surface area contributed by atoms with Gasteiger partial charge in [-0.2, -0.15) is 4.98 Å². The van der Waals surface area contributed by atoms with Crippen LogP contribution in [0, 0.1) is 0 Å². The maximum absolute atomic E-state index is 5.41. The third-order valence-electron chi connectivity index (χ3n) is 5.65. The molecule has 0 spiro atoms. The second-order valence-corrected chi connectivity index (χ2v) is 7.52. The van der Waals surface area contributed by atoms with E-state index in [1.165, 1.54) is 0 Å². The zero-order valence-corrected chi connectivity index (χ0v) is 17.0. The monoisotopic (exact) mass is 409 g/mol. The Kier molecular flexibility index (Phi) is 5.58. The van der Waals surface area contributed by atoms with Crippen LogP contribution in [-0.4, -0.2) is 95.4 Å². The Bertz CT molecular complexity index is 949. The maximum atomic E-state index is 5.41. The Morgan fingerprint density at radius 3 is 2.60 bits per heavy atom. The first-order chi connectivity index (χ1) is 14.9. The van der Waals surface area contributed by atoms with Gasteiger partial charge in [0.25, 0.3) is 0 Å². The molecule has 0 saturated carbocycles. The number of piperazine rings is 1. The van der Waals surface area contributed by atoms with Gasteiger partial charge in [-0.15, -0.1) is 0 Å². The number of hydrogen-bond acceptors (Lipinski definition) is 9. The first kappa shape index (κ1) is 19.0. The molecule has 0 unspecified atom stereocenters. The molecule has 3 aromatic heterocycles. The van der Waals surface area contributed by atoms with Crippen LogP contribution in [-0.2, 0) is 4.74 Å². The summed E-state index contributed by atoms with van der Waals surface area (Å²) < 4.78 is 5.41. The number of ether oxygens (including phenoxy) is 1. The molecule has 0 atom stereocenters. The van der Waals surface area contributed by atoms with Crippen molar-refractivity contribution in [1.82, 2.24) is 29.8 Å². The predicted molar refractivity (Wildman–Crippen MR) is 116 cm³/mol. The maximum Gasteiger partial charge on any atom is 0.205 e. The van der Waals surface area contributed by atoms with Crippen LogP contribution in [0.4, 0.5) is 17.6 Å². The first-order valence-corrected chi connectivity index (χ1v) is 10.5. The minimum atomic E-state index is 0.695. The molecule has 2 aliphatic heterocycles. The average molecular weight is 409 g/mol. The van der Waals surface area contributed by atoms with Crippen LogP contribution in [0.5, 0.6) is 0 Å². The van der Waals surface area contributed by atoms with Crippen LogP contribution < -0.4 is 15.1 Å². The topological polar surface area (TPSA) is 98.3 Å². The van der Waals surface area contributed by atoms with Gasteiger partial charge in [-0.3, -0.25) is 4.90 Å². The number of nitrogens with one attached hydrogen (secondary N) is 2. The minimum absolute atomic E-state index is 0.695. The van der Waals surface area contributed by atoms with Crippen LogP contribution in [0.2, 0.25) is 0 Å². The molecule has 0 amide bonds. The number of rotatable bonds is 6. The van der Waals surface area contributed by atoms with Crippen LogP contribution in [0.15, 0.2) is 30.7 Å². The SMILES string of the molecule is c1ccc(N2CCN(c3nc4ncnc(NCCN5CCOCC5)c4[nH]3)CC2)nc1. The summed E-state index contributed by atoms with van der Waals surface area (Å²) in [6, 6.07) is 6.03. The lowest BCUT2D eigenvalue weighted by molar-refractivity contribution is 0.0398. The number of aromatic nitrogens is 5. The summed E-state index contributed by atoms with van der Waals surface area (Å²) in [7, 11) is 0. The highest BCUT2D eigenvalue weighted by Gasteiger charge is 2.21. The number of imidazole rings is 1. The summed E-state index contributed by atoms with van der Waals surface area (Å²) in [6.07, 6.45) is 3.41. The number of aromatic amines is 1. The largest absolute Gasteiger partial charge is 0.379 e. The van der Waals surface area contributed by atoms with Crippen molar-refractivity contribution in [2.24, 2.45) is 0 Å². The highest BCUT2D eigenvalue weighted by molar-refractivity contribution is 5.84. The summed E-state index contributed by atoms with van der Waals surface area (Å²) in [4.78, 5) is 28.3. The number of morpholine rings is 1. The molecule has 0 aliphatic carbocycles. The number of anilines is 3. The van der Waals surface area contributed by atoms with Gasteiger partial charge >= 0.3 is 0 Å². The van der Waals surface area contributed by atoms with Crippen molar-refractivity contribution in [2.45, 2.75) is 0 Å².